The van der Waals surface area contributed by atoms with Crippen LogP contribution in [0.2, 0.25) is 13.1 Å². The van der Waals surface area contributed by atoms with E-state index in [1.54, 1.807) is 0 Å². The standard InChI is InChI=1S/C38H32N4Si/c1-43(2)37(29-19-21-33(41-25-29)31-17-9-11-23-39-31)35(27-13-5-3-6-14-27)36(28-15-7-4-8-16-28)38(43)30-20-22-34(42-26-30)32-18-10-12-24-40-32/h3-25,30H,26H2,1-2H3. The number of allylic oxidation sites excluding steroid dienone is 3. The molecule has 0 saturated carbocycles. The van der Waals surface area contributed by atoms with Crippen molar-refractivity contribution in [2.45, 2.75) is 13.1 Å². The molecule has 0 saturated heterocycles. The molecule has 0 aliphatic carbocycles. The molecule has 5 aromatic rings. The molecule has 2 aliphatic heterocycles. The first-order valence-corrected chi connectivity index (χ1v) is 17.7. The molecule has 2 aliphatic rings. The van der Waals surface area contributed by atoms with E-state index < -0.39 is 8.07 Å². The molecule has 43 heavy (non-hydrogen) atoms. The molecular weight excluding hydrogens is 541 g/mol. The van der Waals surface area contributed by atoms with Crippen LogP contribution in [0.1, 0.15) is 22.4 Å². The first kappa shape index (κ1) is 26.9. The molecule has 2 aromatic carbocycles. The molecule has 5 heteroatoms. The van der Waals surface area contributed by atoms with E-state index in [1.807, 2.05) is 48.8 Å². The molecular formula is C38H32N4Si. The van der Waals surface area contributed by atoms with Crippen molar-refractivity contribution in [1.82, 2.24) is 15.0 Å². The summed E-state index contributed by atoms with van der Waals surface area (Å²) in [4.78, 5) is 19.1. The fraction of sp³-hybridized carbons (Fsp3) is 0.105. The largest absolute Gasteiger partial charge is 0.282 e. The quantitative estimate of drug-likeness (QED) is 0.192. The van der Waals surface area contributed by atoms with Crippen LogP contribution in [0.4, 0.5) is 0 Å². The Morgan fingerprint density at radius 2 is 1.19 bits per heavy atom. The van der Waals surface area contributed by atoms with Crippen molar-refractivity contribution < 1.29 is 0 Å². The highest BCUT2D eigenvalue weighted by Crippen LogP contribution is 2.54. The summed E-state index contributed by atoms with van der Waals surface area (Å²) in [7, 11) is -2.25. The van der Waals surface area contributed by atoms with Gasteiger partial charge in [0.1, 0.15) is 8.07 Å². The maximum Gasteiger partial charge on any atom is 0.110 e. The Kier molecular flexibility index (Phi) is 7.09. The predicted octanol–water partition coefficient (Wildman–Crippen LogP) is 8.38. The highest BCUT2D eigenvalue weighted by Gasteiger charge is 2.45. The number of aromatic nitrogens is 3. The predicted molar refractivity (Wildman–Crippen MR) is 180 cm³/mol. The van der Waals surface area contributed by atoms with Gasteiger partial charge < -0.3 is 0 Å². The third-order valence-corrected chi connectivity index (χ3v) is 12.2. The summed E-state index contributed by atoms with van der Waals surface area (Å²) < 4.78 is 0. The van der Waals surface area contributed by atoms with Crippen LogP contribution < -0.4 is 0 Å². The highest BCUT2D eigenvalue weighted by atomic mass is 28.3. The first-order chi connectivity index (χ1) is 21.1. The van der Waals surface area contributed by atoms with Gasteiger partial charge >= 0.3 is 0 Å². The van der Waals surface area contributed by atoms with Crippen molar-refractivity contribution >= 4 is 30.1 Å². The molecule has 0 radical (unpaired) electrons. The summed E-state index contributed by atoms with van der Waals surface area (Å²) in [5, 5.41) is 2.93. The summed E-state index contributed by atoms with van der Waals surface area (Å²) in [6.07, 6.45) is 10.2. The molecule has 4 nitrogen and oxygen atoms in total. The first-order valence-electron chi connectivity index (χ1n) is 14.7. The molecule has 0 spiro atoms. The van der Waals surface area contributed by atoms with Gasteiger partial charge in [0.15, 0.2) is 0 Å². The molecule has 0 fully saturated rings. The zero-order valence-electron chi connectivity index (χ0n) is 24.4. The second kappa shape index (κ2) is 11.3. The molecule has 0 bridgehead atoms. The normalized spacial score (nSPS) is 17.7. The van der Waals surface area contributed by atoms with Crippen LogP contribution in [-0.2, 0) is 0 Å². The van der Waals surface area contributed by atoms with Gasteiger partial charge in [0.2, 0.25) is 0 Å². The average Bonchev–Trinajstić information content (AvgIpc) is 3.33. The number of rotatable bonds is 6. The van der Waals surface area contributed by atoms with Gasteiger partial charge in [-0.3, -0.25) is 19.9 Å². The van der Waals surface area contributed by atoms with E-state index in [1.165, 1.54) is 38.2 Å². The summed E-state index contributed by atoms with van der Waals surface area (Å²) >= 11 is 0. The zero-order valence-corrected chi connectivity index (χ0v) is 25.4. The SMILES string of the molecule is C[Si]1(C)C(c2ccc(-c3ccccn3)nc2)=C(c2ccccc2)C(c2ccccc2)=C1C1C=CC(c2ccccn2)=NC1. The third kappa shape index (κ3) is 5.02. The van der Waals surface area contributed by atoms with Crippen molar-refractivity contribution in [2.75, 3.05) is 6.54 Å². The third-order valence-electron chi connectivity index (χ3n) is 8.41. The lowest BCUT2D eigenvalue weighted by atomic mass is 9.88. The number of pyridine rings is 3. The number of dihydropyridines is 1. The van der Waals surface area contributed by atoms with Gasteiger partial charge in [-0.25, -0.2) is 0 Å². The van der Waals surface area contributed by atoms with Crippen LogP contribution in [0, 0.1) is 5.92 Å². The summed E-state index contributed by atoms with van der Waals surface area (Å²) in [6.45, 7) is 5.70. The fourth-order valence-corrected chi connectivity index (χ4v) is 10.6. The van der Waals surface area contributed by atoms with E-state index in [9.17, 15) is 0 Å². The molecule has 1 unspecified atom stereocenters. The second-order valence-corrected chi connectivity index (χ2v) is 15.7. The Balaban J connectivity index is 1.40. The van der Waals surface area contributed by atoms with Crippen molar-refractivity contribution in [3.8, 4) is 11.4 Å². The van der Waals surface area contributed by atoms with Crippen LogP contribution in [-0.4, -0.2) is 35.3 Å². The zero-order chi connectivity index (χ0) is 29.2. The Hall–Kier alpha value is -5.00. The van der Waals surface area contributed by atoms with Crippen molar-refractivity contribution in [3.05, 3.63) is 168 Å². The minimum absolute atomic E-state index is 0.196. The molecule has 5 heterocycles. The Labute approximate surface area is 254 Å². The monoisotopic (exact) mass is 572 g/mol. The number of nitrogens with zero attached hydrogens (tertiary/aromatic N) is 4. The number of hydrogen-bond acceptors (Lipinski definition) is 4. The molecule has 0 N–H and O–H groups in total. The maximum atomic E-state index is 5.08. The van der Waals surface area contributed by atoms with Gasteiger partial charge in [-0.2, -0.15) is 0 Å². The smallest absolute Gasteiger partial charge is 0.110 e. The molecule has 7 rings (SSSR count). The van der Waals surface area contributed by atoms with Gasteiger partial charge in [-0.1, -0.05) is 103 Å². The van der Waals surface area contributed by atoms with Crippen LogP contribution in [0.3, 0.4) is 0 Å². The number of hydrogen-bond donors (Lipinski definition) is 0. The average molecular weight is 573 g/mol. The van der Waals surface area contributed by atoms with E-state index in [-0.39, 0.29) is 5.92 Å². The second-order valence-electron chi connectivity index (χ2n) is 11.4. The van der Waals surface area contributed by atoms with E-state index in [4.69, 9.17) is 9.98 Å². The lowest BCUT2D eigenvalue weighted by molar-refractivity contribution is 0.794. The van der Waals surface area contributed by atoms with Crippen LogP contribution in [0.5, 0.6) is 0 Å². The Morgan fingerprint density at radius 3 is 1.74 bits per heavy atom. The Bertz CT molecular complexity index is 1870. The van der Waals surface area contributed by atoms with Crippen LogP contribution in [0.25, 0.3) is 27.7 Å². The van der Waals surface area contributed by atoms with E-state index >= 15 is 0 Å². The topological polar surface area (TPSA) is 51.0 Å². The van der Waals surface area contributed by atoms with E-state index in [0.717, 1.165) is 22.8 Å². The summed E-state index contributed by atoms with van der Waals surface area (Å²) in [5.74, 6) is 0.196. The summed E-state index contributed by atoms with van der Waals surface area (Å²) in [5.41, 5.74) is 9.95. The molecule has 0 amide bonds. The van der Waals surface area contributed by atoms with Crippen molar-refractivity contribution in [3.63, 3.8) is 0 Å². The minimum atomic E-state index is -2.25. The lowest BCUT2D eigenvalue weighted by Crippen LogP contribution is -2.34. The molecule has 3 aromatic heterocycles. The van der Waals surface area contributed by atoms with E-state index in [2.05, 4.69) is 114 Å². The van der Waals surface area contributed by atoms with E-state index in [0.29, 0.717) is 6.54 Å². The number of aliphatic imine (C=N–C) groups is 1. The van der Waals surface area contributed by atoms with Crippen LogP contribution in [0.15, 0.2) is 150 Å². The van der Waals surface area contributed by atoms with Crippen molar-refractivity contribution in [2.24, 2.45) is 10.9 Å². The Morgan fingerprint density at radius 1 is 0.581 bits per heavy atom. The van der Waals surface area contributed by atoms with Gasteiger partial charge in [0, 0.05) is 31.1 Å². The van der Waals surface area contributed by atoms with Gasteiger partial charge in [-0.15, -0.1) is 0 Å². The summed E-state index contributed by atoms with van der Waals surface area (Å²) in [6, 6.07) is 38.0. The van der Waals surface area contributed by atoms with Gasteiger partial charge in [0.05, 0.1) is 22.8 Å². The van der Waals surface area contributed by atoms with Crippen molar-refractivity contribution in [1.29, 1.82) is 0 Å². The molecule has 1 atom stereocenters. The fourth-order valence-electron chi connectivity index (χ4n) is 6.56. The van der Waals surface area contributed by atoms with Crippen LogP contribution >= 0.6 is 0 Å². The molecule has 208 valence electrons. The maximum absolute atomic E-state index is 5.08. The lowest BCUT2D eigenvalue weighted by Gasteiger charge is -2.31. The highest BCUT2D eigenvalue weighted by molar-refractivity contribution is 7.04. The minimum Gasteiger partial charge on any atom is -0.282 e. The number of benzene rings is 2. The van der Waals surface area contributed by atoms with Gasteiger partial charge in [0.25, 0.3) is 0 Å². The van der Waals surface area contributed by atoms with Gasteiger partial charge in [-0.05, 0) is 69.4 Å².